The maximum Gasteiger partial charge on any atom is 0.224 e. The predicted molar refractivity (Wildman–Crippen MR) is 65.9 cm³/mol. The second-order valence-corrected chi connectivity index (χ2v) is 3.93. The van der Waals surface area contributed by atoms with E-state index in [1.165, 1.54) is 5.56 Å². The van der Waals surface area contributed by atoms with Gasteiger partial charge in [0.2, 0.25) is 5.91 Å². The first-order valence-corrected chi connectivity index (χ1v) is 5.70. The molecule has 1 aromatic rings. The first kappa shape index (κ1) is 12.7. The molecule has 0 atom stereocenters. The summed E-state index contributed by atoms with van der Waals surface area (Å²) in [6.07, 6.45) is 0.430. The van der Waals surface area contributed by atoms with Gasteiger partial charge in [-0.15, -0.1) is 0 Å². The second-order valence-electron chi connectivity index (χ2n) is 3.93. The van der Waals surface area contributed by atoms with Crippen molar-refractivity contribution in [2.45, 2.75) is 26.8 Å². The van der Waals surface area contributed by atoms with Crippen molar-refractivity contribution in [3.05, 3.63) is 35.4 Å². The molecule has 0 bridgehead atoms. The summed E-state index contributed by atoms with van der Waals surface area (Å²) in [5.41, 5.74) is 7.79. The van der Waals surface area contributed by atoms with E-state index >= 15 is 0 Å². The van der Waals surface area contributed by atoms with Crippen LogP contribution in [-0.2, 0) is 11.3 Å². The topological polar surface area (TPSA) is 46.3 Å². The molecule has 0 saturated heterocycles. The molecule has 1 rings (SSSR count). The van der Waals surface area contributed by atoms with E-state index in [9.17, 15) is 4.79 Å². The van der Waals surface area contributed by atoms with Gasteiger partial charge in [-0.3, -0.25) is 4.79 Å². The van der Waals surface area contributed by atoms with Crippen LogP contribution in [-0.4, -0.2) is 23.9 Å². The number of carbonyl (C=O) groups is 1. The number of hydrogen-bond donors (Lipinski definition) is 1. The van der Waals surface area contributed by atoms with Gasteiger partial charge in [0.05, 0.1) is 0 Å². The first-order valence-electron chi connectivity index (χ1n) is 5.70. The Balaban J connectivity index is 2.62. The Labute approximate surface area is 97.2 Å². The van der Waals surface area contributed by atoms with Crippen molar-refractivity contribution in [2.75, 3.05) is 13.1 Å². The quantitative estimate of drug-likeness (QED) is 0.821. The van der Waals surface area contributed by atoms with E-state index in [2.05, 4.69) is 31.2 Å². The van der Waals surface area contributed by atoms with E-state index < -0.39 is 0 Å². The van der Waals surface area contributed by atoms with Crippen LogP contribution in [0, 0.1) is 6.92 Å². The van der Waals surface area contributed by atoms with Crippen LogP contribution in [0.25, 0.3) is 0 Å². The van der Waals surface area contributed by atoms with Gasteiger partial charge in [0.1, 0.15) is 0 Å². The fraction of sp³-hybridized carbons (Fsp3) is 0.462. The Hall–Kier alpha value is -1.35. The molecule has 0 radical (unpaired) electrons. The van der Waals surface area contributed by atoms with Crippen molar-refractivity contribution >= 4 is 5.91 Å². The molecule has 1 aromatic carbocycles. The number of nitrogens with two attached hydrogens (primary N) is 1. The molecule has 0 heterocycles. The number of hydrogen-bond acceptors (Lipinski definition) is 2. The monoisotopic (exact) mass is 220 g/mol. The van der Waals surface area contributed by atoms with Gasteiger partial charge >= 0.3 is 0 Å². The number of rotatable bonds is 5. The predicted octanol–water partition coefficient (Wildman–Crippen LogP) is 1.69. The highest BCUT2D eigenvalue weighted by Gasteiger charge is 2.10. The minimum Gasteiger partial charge on any atom is -0.339 e. The largest absolute Gasteiger partial charge is 0.339 e. The average Bonchev–Trinajstić information content (AvgIpc) is 2.28. The van der Waals surface area contributed by atoms with E-state index in [4.69, 9.17) is 5.73 Å². The molecule has 88 valence electrons. The number of amides is 1. The van der Waals surface area contributed by atoms with Gasteiger partial charge in [-0.2, -0.15) is 0 Å². The minimum absolute atomic E-state index is 0.130. The number of carbonyl (C=O) groups excluding carboxylic acids is 1. The summed E-state index contributed by atoms with van der Waals surface area (Å²) in [6.45, 7) is 5.87. The van der Waals surface area contributed by atoms with Gasteiger partial charge in [0.15, 0.2) is 0 Å². The van der Waals surface area contributed by atoms with Crippen LogP contribution < -0.4 is 5.73 Å². The van der Waals surface area contributed by atoms with E-state index in [0.717, 1.165) is 12.1 Å². The lowest BCUT2D eigenvalue weighted by Crippen LogP contribution is -2.31. The molecular weight excluding hydrogens is 200 g/mol. The zero-order chi connectivity index (χ0) is 12.0. The van der Waals surface area contributed by atoms with Crippen LogP contribution in [0.15, 0.2) is 24.3 Å². The molecule has 3 heteroatoms. The lowest BCUT2D eigenvalue weighted by atomic mass is 10.1. The van der Waals surface area contributed by atoms with Crippen LogP contribution in [0.3, 0.4) is 0 Å². The molecule has 0 aromatic heterocycles. The van der Waals surface area contributed by atoms with Crippen molar-refractivity contribution < 1.29 is 4.79 Å². The van der Waals surface area contributed by atoms with Gasteiger partial charge in [-0.1, -0.05) is 29.8 Å². The Bertz CT molecular complexity index is 332. The van der Waals surface area contributed by atoms with Crippen molar-refractivity contribution in [3.8, 4) is 0 Å². The lowest BCUT2D eigenvalue weighted by Gasteiger charge is -2.20. The average molecular weight is 220 g/mol. The summed E-state index contributed by atoms with van der Waals surface area (Å²) in [7, 11) is 0. The molecule has 0 aliphatic carbocycles. The van der Waals surface area contributed by atoms with Crippen molar-refractivity contribution in [3.63, 3.8) is 0 Å². The van der Waals surface area contributed by atoms with Gasteiger partial charge in [-0.25, -0.2) is 0 Å². The number of nitrogens with zero attached hydrogens (tertiary/aromatic N) is 1. The molecule has 0 aliphatic heterocycles. The van der Waals surface area contributed by atoms with E-state index in [1.807, 2.05) is 11.8 Å². The summed E-state index contributed by atoms with van der Waals surface area (Å²) < 4.78 is 0. The lowest BCUT2D eigenvalue weighted by molar-refractivity contribution is -0.131. The third-order valence-corrected chi connectivity index (χ3v) is 2.59. The highest BCUT2D eigenvalue weighted by Crippen LogP contribution is 2.07. The van der Waals surface area contributed by atoms with Crippen LogP contribution in [0.5, 0.6) is 0 Å². The standard InChI is InChI=1S/C13H20N2O/c1-3-15(13(16)8-9-14)10-12-6-4-11(2)5-7-12/h4-7H,3,8-10,14H2,1-2H3. The summed E-state index contributed by atoms with van der Waals surface area (Å²) in [4.78, 5) is 13.5. The molecule has 0 fully saturated rings. The summed E-state index contributed by atoms with van der Waals surface area (Å²) in [5.74, 6) is 0.130. The highest BCUT2D eigenvalue weighted by atomic mass is 16.2. The Morgan fingerprint density at radius 2 is 1.94 bits per heavy atom. The fourth-order valence-corrected chi connectivity index (χ4v) is 1.57. The van der Waals surface area contributed by atoms with E-state index in [1.54, 1.807) is 0 Å². The third kappa shape index (κ3) is 3.66. The summed E-state index contributed by atoms with van der Waals surface area (Å²) in [5, 5.41) is 0. The maximum absolute atomic E-state index is 11.7. The molecule has 1 amide bonds. The first-order chi connectivity index (χ1) is 7.67. The Morgan fingerprint density at radius 1 is 1.31 bits per heavy atom. The normalized spacial score (nSPS) is 10.2. The summed E-state index contributed by atoms with van der Waals surface area (Å²) >= 11 is 0. The molecular formula is C13H20N2O. The molecule has 16 heavy (non-hydrogen) atoms. The fourth-order valence-electron chi connectivity index (χ4n) is 1.57. The van der Waals surface area contributed by atoms with Crippen LogP contribution in [0.4, 0.5) is 0 Å². The van der Waals surface area contributed by atoms with Crippen LogP contribution in [0.1, 0.15) is 24.5 Å². The molecule has 0 saturated carbocycles. The van der Waals surface area contributed by atoms with E-state index in [-0.39, 0.29) is 5.91 Å². The Morgan fingerprint density at radius 3 is 2.44 bits per heavy atom. The number of benzene rings is 1. The van der Waals surface area contributed by atoms with Crippen molar-refractivity contribution in [1.82, 2.24) is 4.90 Å². The molecule has 0 spiro atoms. The third-order valence-electron chi connectivity index (χ3n) is 2.59. The second kappa shape index (κ2) is 6.28. The Kier molecular flexibility index (Phi) is 4.99. The maximum atomic E-state index is 11.7. The smallest absolute Gasteiger partial charge is 0.224 e. The van der Waals surface area contributed by atoms with Gasteiger partial charge in [0, 0.05) is 26.1 Å². The van der Waals surface area contributed by atoms with Crippen LogP contribution >= 0.6 is 0 Å². The molecule has 0 aliphatic rings. The van der Waals surface area contributed by atoms with Gasteiger partial charge < -0.3 is 10.6 Å². The summed E-state index contributed by atoms with van der Waals surface area (Å²) in [6, 6.07) is 8.26. The zero-order valence-corrected chi connectivity index (χ0v) is 10.1. The van der Waals surface area contributed by atoms with Crippen molar-refractivity contribution in [2.24, 2.45) is 5.73 Å². The van der Waals surface area contributed by atoms with Gasteiger partial charge in [0.25, 0.3) is 0 Å². The minimum atomic E-state index is 0.130. The van der Waals surface area contributed by atoms with Gasteiger partial charge in [-0.05, 0) is 19.4 Å². The van der Waals surface area contributed by atoms with E-state index in [0.29, 0.717) is 19.5 Å². The van der Waals surface area contributed by atoms with Crippen LogP contribution in [0.2, 0.25) is 0 Å². The SMILES string of the molecule is CCN(Cc1ccc(C)cc1)C(=O)CCN. The highest BCUT2D eigenvalue weighted by molar-refractivity contribution is 5.76. The number of aryl methyl sites for hydroxylation is 1. The molecule has 3 nitrogen and oxygen atoms in total. The molecule has 0 unspecified atom stereocenters. The van der Waals surface area contributed by atoms with Crippen molar-refractivity contribution in [1.29, 1.82) is 0 Å². The molecule has 2 N–H and O–H groups in total. The zero-order valence-electron chi connectivity index (χ0n) is 10.1.